The summed E-state index contributed by atoms with van der Waals surface area (Å²) < 4.78 is 42.0. The monoisotopic (exact) mass is 602 g/mol. The molecule has 0 bridgehead atoms. The average molecular weight is 603 g/mol. The topological polar surface area (TPSA) is 85.4 Å². The predicted molar refractivity (Wildman–Crippen MR) is 158 cm³/mol. The Labute approximate surface area is 253 Å². The van der Waals surface area contributed by atoms with Gasteiger partial charge in [-0.05, 0) is 38.8 Å². The summed E-state index contributed by atoms with van der Waals surface area (Å²) in [7, 11) is 0. The molecule has 4 atom stereocenters. The van der Waals surface area contributed by atoms with E-state index in [9.17, 15) is 23.2 Å². The number of nitrogens with zero attached hydrogens (tertiary/aromatic N) is 2. The van der Waals surface area contributed by atoms with E-state index in [1.807, 2.05) is 67.6 Å². The molecule has 0 aliphatic carbocycles. The molecule has 2 aromatic rings. The third kappa shape index (κ3) is 8.53. The molecule has 0 N–H and O–H groups in total. The summed E-state index contributed by atoms with van der Waals surface area (Å²) in [6, 6.07) is 19.3. The van der Waals surface area contributed by atoms with Gasteiger partial charge in [-0.15, -0.1) is 0 Å². The average Bonchev–Trinajstić information content (AvgIpc) is 3.54. The summed E-state index contributed by atoms with van der Waals surface area (Å²) >= 11 is 0. The molecule has 236 valence electrons. The van der Waals surface area contributed by atoms with Crippen molar-refractivity contribution in [1.29, 1.82) is 0 Å². The van der Waals surface area contributed by atoms with Gasteiger partial charge in [0.2, 0.25) is 0 Å². The summed E-state index contributed by atoms with van der Waals surface area (Å²) in [6.07, 6.45) is -0.541. The van der Waals surface area contributed by atoms with Gasteiger partial charge in [0, 0.05) is 44.6 Å². The molecule has 0 unspecified atom stereocenters. The second kappa shape index (κ2) is 15.8. The molecule has 8 nitrogen and oxygen atoms in total. The number of alkyl halides is 2. The first-order chi connectivity index (χ1) is 20.6. The van der Waals surface area contributed by atoms with Crippen molar-refractivity contribution < 1.29 is 37.4 Å². The van der Waals surface area contributed by atoms with Crippen LogP contribution < -0.4 is 0 Å². The van der Waals surface area contributed by atoms with E-state index >= 15 is 0 Å². The molecule has 2 fully saturated rings. The molecule has 2 saturated heterocycles. The Morgan fingerprint density at radius 1 is 0.744 bits per heavy atom. The molecule has 43 heavy (non-hydrogen) atoms. The number of likely N-dealkylation sites (tertiary alicyclic amines) is 2. The van der Waals surface area contributed by atoms with E-state index in [4.69, 9.17) is 14.2 Å². The number of esters is 2. The Hall–Kier alpha value is -3.53. The van der Waals surface area contributed by atoms with Crippen LogP contribution in [-0.2, 0) is 37.0 Å². The minimum atomic E-state index is -1.03. The number of rotatable bonds is 10. The first kappa shape index (κ1) is 34.0. The molecule has 4 rings (SSSR count). The maximum absolute atomic E-state index is 13.3. The SMILES string of the molecule is CCOC(=O)[C@]1(C)CN(C(=O)OCc2ccccc2)C[C@H]1CF.CCOC(=O)[C@]1(C)CN(Cc2ccccc2)C[C@H]1CF. The molecule has 2 heterocycles. The lowest BCUT2D eigenvalue weighted by Gasteiger charge is -2.26. The normalized spacial score (nSPS) is 25.0. The van der Waals surface area contributed by atoms with Crippen LogP contribution in [0.3, 0.4) is 0 Å². The third-order valence-electron chi connectivity index (χ3n) is 8.36. The van der Waals surface area contributed by atoms with Crippen molar-refractivity contribution in [2.24, 2.45) is 22.7 Å². The van der Waals surface area contributed by atoms with Gasteiger partial charge in [-0.2, -0.15) is 0 Å². The number of halogens is 2. The van der Waals surface area contributed by atoms with Gasteiger partial charge in [-0.1, -0.05) is 60.7 Å². The highest BCUT2D eigenvalue weighted by Gasteiger charge is 2.51. The van der Waals surface area contributed by atoms with Crippen LogP contribution >= 0.6 is 0 Å². The van der Waals surface area contributed by atoms with E-state index < -0.39 is 42.2 Å². The largest absolute Gasteiger partial charge is 0.466 e. The highest BCUT2D eigenvalue weighted by atomic mass is 19.1. The Balaban J connectivity index is 0.000000238. The van der Waals surface area contributed by atoms with Gasteiger partial charge >= 0.3 is 18.0 Å². The molecule has 2 aliphatic rings. The summed E-state index contributed by atoms with van der Waals surface area (Å²) in [6.45, 7) is 8.63. The number of ether oxygens (including phenoxy) is 3. The summed E-state index contributed by atoms with van der Waals surface area (Å²) in [5.74, 6) is -1.62. The van der Waals surface area contributed by atoms with Gasteiger partial charge in [0.1, 0.15) is 6.61 Å². The van der Waals surface area contributed by atoms with Crippen LogP contribution in [0.15, 0.2) is 60.7 Å². The van der Waals surface area contributed by atoms with Crippen molar-refractivity contribution in [1.82, 2.24) is 9.80 Å². The van der Waals surface area contributed by atoms with Crippen LogP contribution in [0, 0.1) is 22.7 Å². The van der Waals surface area contributed by atoms with E-state index in [-0.39, 0.29) is 38.2 Å². The van der Waals surface area contributed by atoms with E-state index in [1.54, 1.807) is 20.8 Å². The molecule has 10 heteroatoms. The number of benzene rings is 2. The summed E-state index contributed by atoms with van der Waals surface area (Å²) in [4.78, 5) is 39.9. The van der Waals surface area contributed by atoms with Crippen LogP contribution in [0.5, 0.6) is 0 Å². The lowest BCUT2D eigenvalue weighted by atomic mass is 9.81. The first-order valence-electron chi connectivity index (χ1n) is 14.8. The Morgan fingerprint density at radius 3 is 1.74 bits per heavy atom. The molecular formula is C33H44F2N2O6. The molecule has 1 amide bonds. The van der Waals surface area contributed by atoms with Crippen LogP contribution in [-0.4, -0.2) is 80.6 Å². The Morgan fingerprint density at radius 2 is 1.23 bits per heavy atom. The smallest absolute Gasteiger partial charge is 0.410 e. The summed E-state index contributed by atoms with van der Waals surface area (Å²) in [5, 5.41) is 0. The van der Waals surface area contributed by atoms with Gasteiger partial charge in [0.25, 0.3) is 0 Å². The zero-order chi connectivity index (χ0) is 31.5. The second-order valence-corrected chi connectivity index (χ2v) is 11.6. The first-order valence-corrected chi connectivity index (χ1v) is 14.8. The van der Waals surface area contributed by atoms with Crippen LogP contribution in [0.2, 0.25) is 0 Å². The fourth-order valence-electron chi connectivity index (χ4n) is 5.63. The van der Waals surface area contributed by atoms with Crippen LogP contribution in [0.4, 0.5) is 13.6 Å². The molecule has 2 aliphatic heterocycles. The number of carbonyl (C=O) groups is 3. The lowest BCUT2D eigenvalue weighted by Crippen LogP contribution is -2.39. The molecular weight excluding hydrogens is 558 g/mol. The van der Waals surface area contributed by atoms with Crippen molar-refractivity contribution in [3.05, 3.63) is 71.8 Å². The minimum absolute atomic E-state index is 0.105. The molecule has 2 aromatic carbocycles. The maximum atomic E-state index is 13.3. The predicted octanol–water partition coefficient (Wildman–Crippen LogP) is 5.45. The molecule has 0 spiro atoms. The minimum Gasteiger partial charge on any atom is -0.466 e. The van der Waals surface area contributed by atoms with Gasteiger partial charge in [0.15, 0.2) is 0 Å². The van der Waals surface area contributed by atoms with Crippen molar-refractivity contribution in [3.63, 3.8) is 0 Å². The van der Waals surface area contributed by atoms with E-state index in [1.165, 1.54) is 10.5 Å². The number of carbonyl (C=O) groups excluding carboxylic acids is 3. The van der Waals surface area contributed by atoms with Gasteiger partial charge < -0.3 is 19.1 Å². The standard InChI is InChI=1S/C17H22FNO4.C16H22FNO2/c1-3-22-15(20)17(2)12-19(10-14(17)9-18)16(21)23-11-13-7-5-4-6-8-13;1-3-20-15(19)16(2)12-18(11-14(16)9-17)10-13-7-5-4-6-8-13/h4-8,14H,3,9-12H2,1-2H3;4-8,14H,3,9-12H2,1-2H3/t14-,17-;14-,16-/m11/s1. The summed E-state index contributed by atoms with van der Waals surface area (Å²) in [5.41, 5.74) is 0.282. The lowest BCUT2D eigenvalue weighted by molar-refractivity contribution is -0.157. The number of hydrogen-bond donors (Lipinski definition) is 0. The van der Waals surface area contributed by atoms with Crippen LogP contribution in [0.1, 0.15) is 38.8 Å². The quantitative estimate of drug-likeness (QED) is 0.264. The van der Waals surface area contributed by atoms with Crippen molar-refractivity contribution >= 4 is 18.0 Å². The van der Waals surface area contributed by atoms with E-state index in [0.29, 0.717) is 19.7 Å². The van der Waals surface area contributed by atoms with E-state index in [2.05, 4.69) is 4.90 Å². The fourth-order valence-corrected chi connectivity index (χ4v) is 5.63. The zero-order valence-corrected chi connectivity index (χ0v) is 25.6. The van der Waals surface area contributed by atoms with Crippen molar-refractivity contribution in [2.45, 2.75) is 40.8 Å². The maximum Gasteiger partial charge on any atom is 0.410 e. The Kier molecular flexibility index (Phi) is 12.5. The fraction of sp³-hybridized carbons (Fsp3) is 0.545. The van der Waals surface area contributed by atoms with Crippen molar-refractivity contribution in [2.75, 3.05) is 52.7 Å². The van der Waals surface area contributed by atoms with E-state index in [0.717, 1.165) is 12.1 Å². The van der Waals surface area contributed by atoms with Crippen molar-refractivity contribution in [3.8, 4) is 0 Å². The molecule has 0 saturated carbocycles. The number of amides is 1. The number of hydrogen-bond acceptors (Lipinski definition) is 7. The highest BCUT2D eigenvalue weighted by molar-refractivity contribution is 5.80. The van der Waals surface area contributed by atoms with Gasteiger partial charge in [0.05, 0.1) is 37.4 Å². The third-order valence-corrected chi connectivity index (χ3v) is 8.36. The molecule has 0 radical (unpaired) electrons. The zero-order valence-electron chi connectivity index (χ0n) is 25.6. The van der Waals surface area contributed by atoms with Crippen LogP contribution in [0.25, 0.3) is 0 Å². The van der Waals surface area contributed by atoms with Gasteiger partial charge in [-0.3, -0.25) is 23.3 Å². The second-order valence-electron chi connectivity index (χ2n) is 11.6. The molecule has 0 aromatic heterocycles. The Bertz CT molecular complexity index is 1190. The van der Waals surface area contributed by atoms with Gasteiger partial charge in [-0.25, -0.2) is 4.79 Å². The highest BCUT2D eigenvalue weighted by Crippen LogP contribution is 2.39.